The van der Waals surface area contributed by atoms with Crippen LogP contribution in [0.25, 0.3) is 10.7 Å². The maximum Gasteiger partial charge on any atom is 0.234 e. The standard InChI is InChI=1S/C17H15Cl2N5O2S2/c18-10-3-4-11(19)12(8-10)21-15(26)9-28-17-23-22-16(13-2-1-7-27-13)24(17)6-5-14(20)25/h1-4,7-8H,5-6,9H2,(H2,20,25)(H,21,26). The first-order valence-corrected chi connectivity index (χ1v) is 10.7. The second-order valence-corrected chi connectivity index (χ2v) is 8.35. The van der Waals surface area contributed by atoms with E-state index in [1.54, 1.807) is 22.8 Å². The Labute approximate surface area is 179 Å². The minimum Gasteiger partial charge on any atom is -0.370 e. The molecule has 28 heavy (non-hydrogen) atoms. The Hall–Kier alpha value is -2.07. The minimum absolute atomic E-state index is 0.0853. The molecule has 3 N–H and O–H groups in total. The van der Waals surface area contributed by atoms with Gasteiger partial charge in [0, 0.05) is 18.0 Å². The third-order valence-corrected chi connectivity index (χ3v) is 5.97. The number of carbonyl (C=O) groups excluding carboxylic acids is 2. The number of primary amides is 1. The van der Waals surface area contributed by atoms with Gasteiger partial charge in [0.2, 0.25) is 11.8 Å². The first-order valence-electron chi connectivity index (χ1n) is 8.07. The van der Waals surface area contributed by atoms with Crippen molar-refractivity contribution in [3.63, 3.8) is 0 Å². The van der Waals surface area contributed by atoms with Crippen LogP contribution in [0, 0.1) is 0 Å². The second kappa shape index (κ2) is 9.42. The normalized spacial score (nSPS) is 10.8. The number of nitrogens with two attached hydrogens (primary N) is 1. The molecule has 3 rings (SSSR count). The molecule has 0 spiro atoms. The van der Waals surface area contributed by atoms with Crippen LogP contribution in [0.5, 0.6) is 0 Å². The quantitative estimate of drug-likeness (QED) is 0.500. The van der Waals surface area contributed by atoms with Crippen LogP contribution in [0.15, 0.2) is 40.9 Å². The number of aromatic nitrogens is 3. The number of hydrogen-bond acceptors (Lipinski definition) is 6. The molecule has 2 amide bonds. The molecule has 0 saturated heterocycles. The molecule has 0 saturated carbocycles. The summed E-state index contributed by atoms with van der Waals surface area (Å²) < 4.78 is 1.79. The van der Waals surface area contributed by atoms with Gasteiger partial charge in [-0.15, -0.1) is 21.5 Å². The number of amides is 2. The molecule has 0 aliphatic heterocycles. The van der Waals surface area contributed by atoms with Gasteiger partial charge < -0.3 is 15.6 Å². The Morgan fingerprint density at radius 1 is 1.25 bits per heavy atom. The van der Waals surface area contributed by atoms with Crippen molar-refractivity contribution in [1.29, 1.82) is 0 Å². The van der Waals surface area contributed by atoms with Crippen molar-refractivity contribution in [2.75, 3.05) is 11.1 Å². The number of thiophene rings is 1. The van der Waals surface area contributed by atoms with Gasteiger partial charge in [0.15, 0.2) is 11.0 Å². The van der Waals surface area contributed by atoms with Gasteiger partial charge in [0.05, 0.1) is 21.3 Å². The lowest BCUT2D eigenvalue weighted by Gasteiger charge is -2.09. The lowest BCUT2D eigenvalue weighted by molar-refractivity contribution is -0.118. The SMILES string of the molecule is NC(=O)CCn1c(SCC(=O)Nc2cc(Cl)ccc2Cl)nnc1-c1cccs1. The number of rotatable bonds is 8. The molecule has 146 valence electrons. The van der Waals surface area contributed by atoms with E-state index in [0.717, 1.165) is 4.88 Å². The van der Waals surface area contributed by atoms with Crippen LogP contribution < -0.4 is 11.1 Å². The Morgan fingerprint density at radius 3 is 2.79 bits per heavy atom. The highest BCUT2D eigenvalue weighted by Crippen LogP contribution is 2.28. The lowest BCUT2D eigenvalue weighted by Crippen LogP contribution is -2.16. The fourth-order valence-electron chi connectivity index (χ4n) is 2.32. The zero-order chi connectivity index (χ0) is 20.1. The lowest BCUT2D eigenvalue weighted by atomic mass is 10.3. The number of anilines is 1. The van der Waals surface area contributed by atoms with Gasteiger partial charge >= 0.3 is 0 Å². The summed E-state index contributed by atoms with van der Waals surface area (Å²) in [6.07, 6.45) is 0.147. The summed E-state index contributed by atoms with van der Waals surface area (Å²) in [4.78, 5) is 24.4. The number of nitrogens with zero attached hydrogens (tertiary/aromatic N) is 3. The molecule has 3 aromatic rings. The molecule has 0 aliphatic carbocycles. The van der Waals surface area contributed by atoms with Gasteiger partial charge in [0.1, 0.15) is 0 Å². The Balaban J connectivity index is 1.71. The van der Waals surface area contributed by atoms with Crippen molar-refractivity contribution in [1.82, 2.24) is 14.8 Å². The van der Waals surface area contributed by atoms with E-state index in [-0.39, 0.29) is 18.1 Å². The van der Waals surface area contributed by atoms with E-state index < -0.39 is 5.91 Å². The highest BCUT2D eigenvalue weighted by atomic mass is 35.5. The molecule has 0 radical (unpaired) electrons. The molecule has 1 aromatic carbocycles. The van der Waals surface area contributed by atoms with Crippen molar-refractivity contribution in [3.8, 4) is 10.7 Å². The summed E-state index contributed by atoms with van der Waals surface area (Å²) in [6, 6.07) is 8.65. The average molecular weight is 456 g/mol. The molecule has 0 aliphatic rings. The first kappa shape index (κ1) is 20.7. The second-order valence-electron chi connectivity index (χ2n) is 5.61. The van der Waals surface area contributed by atoms with E-state index in [1.807, 2.05) is 17.5 Å². The van der Waals surface area contributed by atoms with E-state index in [4.69, 9.17) is 28.9 Å². The third-order valence-electron chi connectivity index (χ3n) is 3.58. The number of hydrogen-bond donors (Lipinski definition) is 2. The van der Waals surface area contributed by atoms with Gasteiger partial charge in [-0.3, -0.25) is 9.59 Å². The topological polar surface area (TPSA) is 103 Å². The van der Waals surface area contributed by atoms with Crippen LogP contribution in [0.1, 0.15) is 6.42 Å². The van der Waals surface area contributed by atoms with Crippen LogP contribution in [-0.4, -0.2) is 32.3 Å². The van der Waals surface area contributed by atoms with E-state index >= 15 is 0 Å². The number of halogens is 2. The fraction of sp³-hybridized carbons (Fsp3) is 0.176. The van der Waals surface area contributed by atoms with E-state index in [2.05, 4.69) is 15.5 Å². The number of thioether (sulfide) groups is 1. The largest absolute Gasteiger partial charge is 0.370 e. The Kier molecular flexibility index (Phi) is 6.95. The van der Waals surface area contributed by atoms with E-state index in [0.29, 0.717) is 33.3 Å². The fourth-order valence-corrected chi connectivity index (χ4v) is 4.14. The molecule has 0 bridgehead atoms. The minimum atomic E-state index is -0.421. The van der Waals surface area contributed by atoms with Gasteiger partial charge in [0.25, 0.3) is 0 Å². The van der Waals surface area contributed by atoms with Crippen molar-refractivity contribution in [3.05, 3.63) is 45.8 Å². The summed E-state index contributed by atoms with van der Waals surface area (Å²) in [5, 5.41) is 14.4. The van der Waals surface area contributed by atoms with Crippen LogP contribution in [0.3, 0.4) is 0 Å². The summed E-state index contributed by atoms with van der Waals surface area (Å²) in [5.74, 6) is 0.0329. The van der Waals surface area contributed by atoms with Crippen LogP contribution in [0.4, 0.5) is 5.69 Å². The Morgan fingerprint density at radius 2 is 2.07 bits per heavy atom. The van der Waals surface area contributed by atoms with Crippen LogP contribution >= 0.6 is 46.3 Å². The number of nitrogens with one attached hydrogen (secondary N) is 1. The van der Waals surface area contributed by atoms with Gasteiger partial charge in [-0.25, -0.2) is 0 Å². The highest BCUT2D eigenvalue weighted by molar-refractivity contribution is 7.99. The van der Waals surface area contributed by atoms with E-state index in [1.165, 1.54) is 23.1 Å². The highest BCUT2D eigenvalue weighted by Gasteiger charge is 2.17. The summed E-state index contributed by atoms with van der Waals surface area (Å²) in [5.41, 5.74) is 5.72. The van der Waals surface area contributed by atoms with Gasteiger partial charge in [-0.1, -0.05) is 41.0 Å². The van der Waals surface area contributed by atoms with Gasteiger partial charge in [-0.2, -0.15) is 0 Å². The first-order chi connectivity index (χ1) is 13.4. The molecule has 7 nitrogen and oxygen atoms in total. The smallest absolute Gasteiger partial charge is 0.234 e. The number of carbonyl (C=O) groups is 2. The van der Waals surface area contributed by atoms with Gasteiger partial charge in [-0.05, 0) is 29.6 Å². The molecule has 0 atom stereocenters. The zero-order valence-electron chi connectivity index (χ0n) is 14.4. The molecule has 0 fully saturated rings. The predicted molar refractivity (Wildman–Crippen MR) is 113 cm³/mol. The monoisotopic (exact) mass is 455 g/mol. The number of benzene rings is 1. The summed E-state index contributed by atoms with van der Waals surface area (Å²) >= 11 is 14.7. The van der Waals surface area contributed by atoms with E-state index in [9.17, 15) is 9.59 Å². The van der Waals surface area contributed by atoms with Crippen LogP contribution in [-0.2, 0) is 16.1 Å². The molecule has 0 unspecified atom stereocenters. The average Bonchev–Trinajstić information content (AvgIpc) is 3.30. The van der Waals surface area contributed by atoms with Crippen LogP contribution in [0.2, 0.25) is 10.0 Å². The summed E-state index contributed by atoms with van der Waals surface area (Å²) in [7, 11) is 0. The molecule has 11 heteroatoms. The molecular formula is C17H15Cl2N5O2S2. The predicted octanol–water partition coefficient (Wildman–Crippen LogP) is 3.92. The summed E-state index contributed by atoms with van der Waals surface area (Å²) in [6.45, 7) is 0.333. The van der Waals surface area contributed by atoms with Crippen molar-refractivity contribution < 1.29 is 9.59 Å². The van der Waals surface area contributed by atoms with Crippen molar-refractivity contribution >= 4 is 63.8 Å². The molecule has 2 aromatic heterocycles. The van der Waals surface area contributed by atoms with Crippen molar-refractivity contribution in [2.45, 2.75) is 18.1 Å². The molecular weight excluding hydrogens is 441 g/mol. The maximum atomic E-state index is 12.3. The van der Waals surface area contributed by atoms with Crippen molar-refractivity contribution in [2.24, 2.45) is 5.73 Å². The maximum absolute atomic E-state index is 12.3. The zero-order valence-corrected chi connectivity index (χ0v) is 17.5. The third kappa shape index (κ3) is 5.26. The molecule has 2 heterocycles. The Bertz CT molecular complexity index is 992.